The van der Waals surface area contributed by atoms with Crippen LogP contribution in [0.25, 0.3) is 10.6 Å². The number of aliphatic carboxylic acids is 1. The topological polar surface area (TPSA) is 92.9 Å². The Kier molecular flexibility index (Phi) is 3.72. The van der Waals surface area contributed by atoms with Gasteiger partial charge in [0.25, 0.3) is 5.91 Å². The second-order valence-corrected chi connectivity index (χ2v) is 5.40. The number of ether oxygens (including phenoxy) is 1. The van der Waals surface area contributed by atoms with Gasteiger partial charge in [-0.05, 0) is 11.4 Å². The molecular weight excluding hydrogens is 296 g/mol. The van der Waals surface area contributed by atoms with Crippen LogP contribution in [0.3, 0.4) is 0 Å². The van der Waals surface area contributed by atoms with Gasteiger partial charge in [0.05, 0.1) is 18.0 Å². The number of amides is 1. The highest BCUT2D eigenvalue weighted by Gasteiger charge is 2.32. The van der Waals surface area contributed by atoms with Crippen LogP contribution in [0.2, 0.25) is 0 Å². The fourth-order valence-corrected chi connectivity index (χ4v) is 2.83. The third-order valence-electron chi connectivity index (χ3n) is 3.14. The van der Waals surface area contributed by atoms with Crippen molar-refractivity contribution in [1.29, 1.82) is 0 Å². The maximum atomic E-state index is 12.5. The number of carbonyl (C=O) groups is 2. The Morgan fingerprint density at radius 1 is 1.48 bits per heavy atom. The molecule has 21 heavy (non-hydrogen) atoms. The number of carboxylic acids is 1. The molecule has 0 saturated carbocycles. The molecule has 1 fully saturated rings. The van der Waals surface area contributed by atoms with E-state index in [9.17, 15) is 9.59 Å². The number of rotatable bonds is 3. The van der Waals surface area contributed by atoms with Gasteiger partial charge in [0.2, 0.25) is 0 Å². The van der Waals surface area contributed by atoms with Crippen molar-refractivity contribution < 1.29 is 23.8 Å². The molecule has 0 radical (unpaired) electrons. The zero-order valence-corrected chi connectivity index (χ0v) is 11.7. The van der Waals surface area contributed by atoms with Gasteiger partial charge in [0, 0.05) is 6.54 Å². The van der Waals surface area contributed by atoms with Gasteiger partial charge in [-0.2, -0.15) is 0 Å². The minimum atomic E-state index is -1.08. The zero-order valence-electron chi connectivity index (χ0n) is 10.9. The predicted octanol–water partition coefficient (Wildman–Crippen LogP) is 1.33. The molecule has 2 aromatic heterocycles. The number of carboxylic acid groups (broad SMARTS) is 1. The summed E-state index contributed by atoms with van der Waals surface area (Å²) >= 11 is 1.44. The summed E-state index contributed by atoms with van der Waals surface area (Å²) in [5.41, 5.74) is 0.198. The molecule has 1 amide bonds. The monoisotopic (exact) mass is 308 g/mol. The number of hydrogen-bond acceptors (Lipinski definition) is 6. The highest BCUT2D eigenvalue weighted by atomic mass is 32.1. The van der Waals surface area contributed by atoms with E-state index in [1.54, 1.807) is 0 Å². The SMILES string of the molecule is O=C(O)C1CN(C(=O)c2ncoc2-c2cccs2)CCO1. The third-order valence-corrected chi connectivity index (χ3v) is 4.01. The van der Waals surface area contributed by atoms with Crippen LogP contribution in [-0.2, 0) is 9.53 Å². The Morgan fingerprint density at radius 2 is 2.33 bits per heavy atom. The standard InChI is InChI=1S/C13H12N2O5S/c16-12(15-3-4-19-8(6-15)13(17)18)10-11(20-7-14-10)9-2-1-5-21-9/h1-2,5,7-8H,3-4,6H2,(H,17,18). The van der Waals surface area contributed by atoms with Crippen LogP contribution in [0.5, 0.6) is 0 Å². The first-order valence-electron chi connectivity index (χ1n) is 6.28. The molecule has 1 aliphatic heterocycles. The predicted molar refractivity (Wildman–Crippen MR) is 73.1 cm³/mol. The summed E-state index contributed by atoms with van der Waals surface area (Å²) in [5.74, 6) is -1.01. The van der Waals surface area contributed by atoms with E-state index in [0.29, 0.717) is 12.3 Å². The van der Waals surface area contributed by atoms with Crippen LogP contribution in [0, 0.1) is 0 Å². The molecule has 8 heteroatoms. The van der Waals surface area contributed by atoms with Crippen molar-refractivity contribution in [1.82, 2.24) is 9.88 Å². The Labute approximate surface area is 123 Å². The lowest BCUT2D eigenvalue weighted by Crippen LogP contribution is -2.48. The molecule has 1 N–H and O–H groups in total. The zero-order chi connectivity index (χ0) is 14.8. The molecule has 0 bridgehead atoms. The summed E-state index contributed by atoms with van der Waals surface area (Å²) in [6, 6.07) is 3.69. The van der Waals surface area contributed by atoms with Gasteiger partial charge in [0.1, 0.15) is 0 Å². The number of oxazole rings is 1. The summed E-state index contributed by atoms with van der Waals surface area (Å²) in [7, 11) is 0. The third kappa shape index (κ3) is 2.67. The van der Waals surface area contributed by atoms with E-state index in [4.69, 9.17) is 14.3 Å². The lowest BCUT2D eigenvalue weighted by molar-refractivity contribution is -0.154. The summed E-state index contributed by atoms with van der Waals surface area (Å²) in [6.07, 6.45) is 0.219. The molecule has 0 aliphatic carbocycles. The van der Waals surface area contributed by atoms with Gasteiger partial charge in [-0.25, -0.2) is 9.78 Å². The molecule has 2 aromatic rings. The second kappa shape index (κ2) is 5.66. The fraction of sp³-hybridized carbons (Fsp3) is 0.308. The van der Waals surface area contributed by atoms with Crippen LogP contribution in [0.1, 0.15) is 10.5 Å². The molecule has 0 spiro atoms. The number of morpholine rings is 1. The van der Waals surface area contributed by atoms with Crippen molar-refractivity contribution in [2.45, 2.75) is 6.10 Å². The van der Waals surface area contributed by atoms with Crippen molar-refractivity contribution in [2.24, 2.45) is 0 Å². The molecule has 3 rings (SSSR count). The Hall–Kier alpha value is -2.19. The van der Waals surface area contributed by atoms with E-state index in [1.165, 1.54) is 22.6 Å². The molecule has 7 nitrogen and oxygen atoms in total. The van der Waals surface area contributed by atoms with Gasteiger partial charge in [-0.15, -0.1) is 11.3 Å². The van der Waals surface area contributed by atoms with Crippen LogP contribution in [-0.4, -0.2) is 52.7 Å². The van der Waals surface area contributed by atoms with Gasteiger partial charge in [-0.3, -0.25) is 4.79 Å². The fourth-order valence-electron chi connectivity index (χ4n) is 2.11. The summed E-state index contributed by atoms with van der Waals surface area (Å²) in [5, 5.41) is 10.9. The summed E-state index contributed by atoms with van der Waals surface area (Å²) in [6.45, 7) is 0.527. The van der Waals surface area contributed by atoms with E-state index in [2.05, 4.69) is 4.98 Å². The number of nitrogens with zero attached hydrogens (tertiary/aromatic N) is 2. The van der Waals surface area contributed by atoms with Crippen molar-refractivity contribution in [3.05, 3.63) is 29.6 Å². The smallest absolute Gasteiger partial charge is 0.334 e. The summed E-state index contributed by atoms with van der Waals surface area (Å²) in [4.78, 5) is 29.7. The highest BCUT2D eigenvalue weighted by Crippen LogP contribution is 2.28. The molecule has 0 aromatic carbocycles. The maximum Gasteiger partial charge on any atom is 0.334 e. The van der Waals surface area contributed by atoms with Crippen molar-refractivity contribution in [3.63, 3.8) is 0 Å². The lowest BCUT2D eigenvalue weighted by atomic mass is 10.2. The number of aromatic nitrogens is 1. The molecule has 1 atom stereocenters. The number of carbonyl (C=O) groups excluding carboxylic acids is 1. The van der Waals surface area contributed by atoms with Crippen LogP contribution < -0.4 is 0 Å². The van der Waals surface area contributed by atoms with Crippen LogP contribution in [0.4, 0.5) is 0 Å². The lowest BCUT2D eigenvalue weighted by Gasteiger charge is -2.30. The first-order valence-corrected chi connectivity index (χ1v) is 7.16. The van der Waals surface area contributed by atoms with Crippen molar-refractivity contribution in [2.75, 3.05) is 19.7 Å². The Morgan fingerprint density at radius 3 is 3.05 bits per heavy atom. The van der Waals surface area contributed by atoms with Gasteiger partial charge >= 0.3 is 5.97 Å². The number of thiophene rings is 1. The second-order valence-electron chi connectivity index (χ2n) is 4.46. The van der Waals surface area contributed by atoms with E-state index in [1.807, 2.05) is 17.5 Å². The number of hydrogen-bond donors (Lipinski definition) is 1. The maximum absolute atomic E-state index is 12.5. The summed E-state index contributed by atoms with van der Waals surface area (Å²) < 4.78 is 10.4. The largest absolute Gasteiger partial charge is 0.479 e. The molecule has 1 unspecified atom stereocenters. The van der Waals surface area contributed by atoms with E-state index in [0.717, 1.165) is 4.88 Å². The van der Waals surface area contributed by atoms with Crippen LogP contribution >= 0.6 is 11.3 Å². The van der Waals surface area contributed by atoms with Crippen molar-refractivity contribution in [3.8, 4) is 10.6 Å². The normalized spacial score (nSPS) is 18.7. The Bertz CT molecular complexity index is 651. The van der Waals surface area contributed by atoms with Gasteiger partial charge in [0.15, 0.2) is 24.0 Å². The van der Waals surface area contributed by atoms with Crippen LogP contribution in [0.15, 0.2) is 28.3 Å². The van der Waals surface area contributed by atoms with E-state index < -0.39 is 12.1 Å². The van der Waals surface area contributed by atoms with E-state index >= 15 is 0 Å². The van der Waals surface area contributed by atoms with Gasteiger partial charge < -0.3 is 19.2 Å². The first-order chi connectivity index (χ1) is 10.2. The molecule has 1 saturated heterocycles. The molecule has 110 valence electrons. The van der Waals surface area contributed by atoms with E-state index in [-0.39, 0.29) is 24.8 Å². The first kappa shape index (κ1) is 13.8. The Balaban J connectivity index is 1.83. The highest BCUT2D eigenvalue weighted by molar-refractivity contribution is 7.13. The van der Waals surface area contributed by atoms with Gasteiger partial charge in [-0.1, -0.05) is 6.07 Å². The molecular formula is C13H12N2O5S. The van der Waals surface area contributed by atoms with Crippen molar-refractivity contribution >= 4 is 23.2 Å². The average Bonchev–Trinajstić information content (AvgIpc) is 3.17. The minimum Gasteiger partial charge on any atom is -0.479 e. The average molecular weight is 308 g/mol. The minimum absolute atomic E-state index is 0.00487. The quantitative estimate of drug-likeness (QED) is 0.919. The molecule has 3 heterocycles. The molecule has 1 aliphatic rings.